The fourth-order valence-electron chi connectivity index (χ4n) is 1.15. The summed E-state index contributed by atoms with van der Waals surface area (Å²) in [5, 5.41) is 0. The minimum atomic E-state index is 0.367. The standard InChI is InChI=1S/C10H19N3S2/c1-3-8(11)6-5-7-14-10-12-9(4-2)13-15-10/h8H,3-7,11H2,1-2H3. The topological polar surface area (TPSA) is 51.8 Å². The van der Waals surface area contributed by atoms with Crippen LogP contribution in [0.4, 0.5) is 0 Å². The molecule has 0 amide bonds. The summed E-state index contributed by atoms with van der Waals surface area (Å²) in [7, 11) is 0. The van der Waals surface area contributed by atoms with E-state index >= 15 is 0 Å². The number of thioether (sulfide) groups is 1. The predicted molar refractivity (Wildman–Crippen MR) is 67.5 cm³/mol. The minimum absolute atomic E-state index is 0.367. The molecular weight excluding hydrogens is 226 g/mol. The summed E-state index contributed by atoms with van der Waals surface area (Å²) in [5.74, 6) is 2.07. The Bertz CT molecular complexity index is 275. The molecule has 0 aliphatic carbocycles. The van der Waals surface area contributed by atoms with Crippen LogP contribution in [-0.4, -0.2) is 21.2 Å². The highest BCUT2D eigenvalue weighted by Crippen LogP contribution is 2.21. The number of hydrogen-bond acceptors (Lipinski definition) is 5. The number of hydrogen-bond donors (Lipinski definition) is 1. The third-order valence-electron chi connectivity index (χ3n) is 2.23. The van der Waals surface area contributed by atoms with E-state index < -0.39 is 0 Å². The van der Waals surface area contributed by atoms with Crippen LogP contribution in [0.3, 0.4) is 0 Å². The Balaban J connectivity index is 2.14. The fraction of sp³-hybridized carbons (Fsp3) is 0.800. The Morgan fingerprint density at radius 3 is 2.87 bits per heavy atom. The molecule has 0 aliphatic heterocycles. The number of rotatable bonds is 7. The third-order valence-corrected chi connectivity index (χ3v) is 4.19. The molecule has 0 saturated heterocycles. The van der Waals surface area contributed by atoms with E-state index in [0.717, 1.165) is 35.2 Å². The van der Waals surface area contributed by atoms with Gasteiger partial charge in [-0.1, -0.05) is 25.6 Å². The number of aromatic nitrogens is 2. The number of nitrogens with two attached hydrogens (primary N) is 1. The molecule has 1 aromatic heterocycles. The molecule has 1 unspecified atom stereocenters. The molecule has 86 valence electrons. The van der Waals surface area contributed by atoms with E-state index in [1.807, 2.05) is 0 Å². The van der Waals surface area contributed by atoms with Gasteiger partial charge in [0.2, 0.25) is 0 Å². The van der Waals surface area contributed by atoms with Gasteiger partial charge in [-0.25, -0.2) is 4.98 Å². The Hall–Kier alpha value is -0.130. The molecule has 15 heavy (non-hydrogen) atoms. The first-order valence-electron chi connectivity index (χ1n) is 5.47. The smallest absolute Gasteiger partial charge is 0.170 e. The molecule has 1 atom stereocenters. The minimum Gasteiger partial charge on any atom is -0.328 e. The Kier molecular flexibility index (Phi) is 6.20. The first kappa shape index (κ1) is 12.9. The molecule has 0 bridgehead atoms. The molecule has 5 heteroatoms. The van der Waals surface area contributed by atoms with Crippen LogP contribution in [-0.2, 0) is 6.42 Å². The van der Waals surface area contributed by atoms with Gasteiger partial charge in [0.15, 0.2) is 4.34 Å². The molecule has 0 fully saturated rings. The van der Waals surface area contributed by atoms with Crippen molar-refractivity contribution in [3.8, 4) is 0 Å². The molecule has 1 aromatic rings. The van der Waals surface area contributed by atoms with Crippen molar-refractivity contribution >= 4 is 23.3 Å². The molecule has 0 aliphatic rings. The first-order chi connectivity index (χ1) is 7.26. The molecular formula is C10H19N3S2. The van der Waals surface area contributed by atoms with Crippen LogP contribution < -0.4 is 5.73 Å². The van der Waals surface area contributed by atoms with E-state index in [1.165, 1.54) is 18.0 Å². The summed E-state index contributed by atoms with van der Waals surface area (Å²) in [6.07, 6.45) is 4.28. The highest BCUT2D eigenvalue weighted by atomic mass is 32.2. The Labute approximate surface area is 100 Å². The lowest BCUT2D eigenvalue weighted by atomic mass is 10.1. The van der Waals surface area contributed by atoms with Crippen molar-refractivity contribution < 1.29 is 0 Å². The maximum Gasteiger partial charge on any atom is 0.170 e. The fourth-order valence-corrected chi connectivity index (χ4v) is 2.88. The van der Waals surface area contributed by atoms with Crippen LogP contribution in [0.15, 0.2) is 4.34 Å². The van der Waals surface area contributed by atoms with E-state index in [9.17, 15) is 0 Å². The lowest BCUT2D eigenvalue weighted by Gasteiger charge is -2.06. The average Bonchev–Trinajstić information content (AvgIpc) is 2.72. The van der Waals surface area contributed by atoms with Gasteiger partial charge in [-0.15, -0.1) is 0 Å². The zero-order valence-corrected chi connectivity index (χ0v) is 11.0. The lowest BCUT2D eigenvalue weighted by Crippen LogP contribution is -2.18. The number of nitrogens with zero attached hydrogens (tertiary/aromatic N) is 2. The first-order valence-corrected chi connectivity index (χ1v) is 7.23. The summed E-state index contributed by atoms with van der Waals surface area (Å²) in [6.45, 7) is 4.22. The molecule has 0 saturated carbocycles. The normalized spacial score (nSPS) is 13.0. The van der Waals surface area contributed by atoms with Crippen LogP contribution in [0, 0.1) is 0 Å². The van der Waals surface area contributed by atoms with Crippen molar-refractivity contribution in [2.24, 2.45) is 5.73 Å². The second-order valence-corrected chi connectivity index (χ2v) is 5.58. The number of aryl methyl sites for hydroxylation is 1. The van der Waals surface area contributed by atoms with Gasteiger partial charge in [-0.2, -0.15) is 4.37 Å². The molecule has 0 radical (unpaired) electrons. The van der Waals surface area contributed by atoms with E-state index in [4.69, 9.17) is 5.73 Å². The predicted octanol–water partition coefficient (Wildman–Crippen LogP) is 2.71. The largest absolute Gasteiger partial charge is 0.328 e. The van der Waals surface area contributed by atoms with Crippen molar-refractivity contribution in [2.75, 3.05) is 5.75 Å². The van der Waals surface area contributed by atoms with Gasteiger partial charge in [-0.3, -0.25) is 0 Å². The lowest BCUT2D eigenvalue weighted by molar-refractivity contribution is 0.589. The van der Waals surface area contributed by atoms with Gasteiger partial charge in [0.25, 0.3) is 0 Å². The highest BCUT2D eigenvalue weighted by molar-refractivity contribution is 8.00. The molecule has 0 aromatic carbocycles. The zero-order chi connectivity index (χ0) is 11.1. The Morgan fingerprint density at radius 1 is 1.47 bits per heavy atom. The second-order valence-electron chi connectivity index (χ2n) is 3.49. The van der Waals surface area contributed by atoms with E-state index in [0.29, 0.717) is 6.04 Å². The van der Waals surface area contributed by atoms with Gasteiger partial charge in [0.1, 0.15) is 5.82 Å². The van der Waals surface area contributed by atoms with E-state index in [2.05, 4.69) is 23.2 Å². The second kappa shape index (κ2) is 7.19. The summed E-state index contributed by atoms with van der Waals surface area (Å²) in [6, 6.07) is 0.367. The molecule has 1 heterocycles. The molecule has 3 nitrogen and oxygen atoms in total. The van der Waals surface area contributed by atoms with Crippen molar-refractivity contribution in [3.05, 3.63) is 5.82 Å². The van der Waals surface area contributed by atoms with Gasteiger partial charge >= 0.3 is 0 Å². The van der Waals surface area contributed by atoms with Gasteiger partial charge in [0.05, 0.1) is 0 Å². The SMILES string of the molecule is CCc1nsc(SCCCC(N)CC)n1. The Morgan fingerprint density at radius 2 is 2.27 bits per heavy atom. The van der Waals surface area contributed by atoms with Gasteiger partial charge < -0.3 is 5.73 Å². The van der Waals surface area contributed by atoms with Crippen LogP contribution in [0.25, 0.3) is 0 Å². The maximum atomic E-state index is 5.84. The highest BCUT2D eigenvalue weighted by Gasteiger charge is 2.03. The zero-order valence-electron chi connectivity index (χ0n) is 9.40. The van der Waals surface area contributed by atoms with Crippen molar-refractivity contribution in [1.82, 2.24) is 9.36 Å². The van der Waals surface area contributed by atoms with Crippen molar-refractivity contribution in [2.45, 2.75) is 49.9 Å². The summed E-state index contributed by atoms with van der Waals surface area (Å²) in [4.78, 5) is 4.40. The summed E-state index contributed by atoms with van der Waals surface area (Å²) >= 11 is 3.31. The third kappa shape index (κ3) is 4.95. The van der Waals surface area contributed by atoms with Gasteiger partial charge in [-0.05, 0) is 30.8 Å². The maximum absolute atomic E-state index is 5.84. The summed E-state index contributed by atoms with van der Waals surface area (Å²) < 4.78 is 5.34. The molecule has 1 rings (SSSR count). The van der Waals surface area contributed by atoms with Crippen LogP contribution in [0.1, 0.15) is 38.9 Å². The summed E-state index contributed by atoms with van der Waals surface area (Å²) in [5.41, 5.74) is 5.84. The molecule has 2 N–H and O–H groups in total. The van der Waals surface area contributed by atoms with Gasteiger partial charge in [0, 0.05) is 18.2 Å². The molecule has 0 spiro atoms. The van der Waals surface area contributed by atoms with E-state index in [1.54, 1.807) is 11.8 Å². The van der Waals surface area contributed by atoms with Crippen molar-refractivity contribution in [3.63, 3.8) is 0 Å². The van der Waals surface area contributed by atoms with Crippen LogP contribution >= 0.6 is 23.3 Å². The van der Waals surface area contributed by atoms with Crippen molar-refractivity contribution in [1.29, 1.82) is 0 Å². The van der Waals surface area contributed by atoms with Crippen LogP contribution in [0.5, 0.6) is 0 Å². The quantitative estimate of drug-likeness (QED) is 0.593. The van der Waals surface area contributed by atoms with E-state index in [-0.39, 0.29) is 0 Å². The monoisotopic (exact) mass is 245 g/mol. The average molecular weight is 245 g/mol. The van der Waals surface area contributed by atoms with Crippen LogP contribution in [0.2, 0.25) is 0 Å².